The second-order valence-electron chi connectivity index (χ2n) is 13.1. The highest BCUT2D eigenvalue weighted by Gasteiger charge is 2.60. The first-order valence-electron chi connectivity index (χ1n) is 16.6. The third-order valence-electron chi connectivity index (χ3n) is 10.2. The number of aromatic hydroxyl groups is 1. The maximum absolute atomic E-state index is 13.2. The zero-order valence-corrected chi connectivity index (χ0v) is 30.1. The molecule has 7 rings (SSSR count). The average Bonchev–Trinajstić information content (AvgIpc) is 3.75. The fraction of sp³-hybridized carbons (Fsp3) is 0.486. The number of hydrogen-bond donors (Lipinski definition) is 3. The van der Waals surface area contributed by atoms with Gasteiger partial charge in [0, 0.05) is 41.3 Å². The molecular weight excluding hydrogens is 684 g/mol. The number of aliphatic hydroxyl groups is 1. The third-order valence-corrected chi connectivity index (χ3v) is 11.4. The first-order chi connectivity index (χ1) is 24.4. The number of thioether (sulfide) groups is 1. The Hall–Kier alpha value is -4.51. The van der Waals surface area contributed by atoms with Crippen molar-refractivity contribution in [1.29, 1.82) is 0 Å². The lowest BCUT2D eigenvalue weighted by atomic mass is 9.73. The number of esters is 1. The second kappa shape index (κ2) is 13.2. The lowest BCUT2D eigenvalue weighted by Gasteiger charge is -2.61. The van der Waals surface area contributed by atoms with Crippen LogP contribution in [0.5, 0.6) is 28.7 Å². The number of ether oxygens (including phenoxy) is 5. The molecule has 272 valence electrons. The van der Waals surface area contributed by atoms with Crippen molar-refractivity contribution in [2.24, 2.45) is 0 Å². The van der Waals surface area contributed by atoms with Gasteiger partial charge in [0.1, 0.15) is 24.3 Å². The number of phenolic OH excluding ortho intramolecular Hbond substituents is 1. The molecule has 51 heavy (non-hydrogen) atoms. The van der Waals surface area contributed by atoms with Gasteiger partial charge in [0.05, 0.1) is 30.5 Å². The van der Waals surface area contributed by atoms with Gasteiger partial charge in [-0.25, -0.2) is 4.79 Å². The van der Waals surface area contributed by atoms with Gasteiger partial charge in [0.2, 0.25) is 6.79 Å². The zero-order valence-electron chi connectivity index (χ0n) is 29.3. The van der Waals surface area contributed by atoms with Crippen molar-refractivity contribution in [3.63, 3.8) is 0 Å². The van der Waals surface area contributed by atoms with Crippen LogP contribution in [0, 0.1) is 20.8 Å². The molecule has 0 saturated carbocycles. The average molecular weight is 725 g/mol. The summed E-state index contributed by atoms with van der Waals surface area (Å²) in [4.78, 5) is 42.6. The molecule has 6 atom stereocenters. The van der Waals surface area contributed by atoms with Crippen LogP contribution >= 0.6 is 11.8 Å². The Bertz CT molecular complexity index is 1930. The molecule has 3 N–H and O–H groups in total. The monoisotopic (exact) mass is 724 g/mol. The van der Waals surface area contributed by atoms with Crippen LogP contribution < -0.4 is 24.3 Å². The lowest BCUT2D eigenvalue weighted by molar-refractivity contribution is -0.178. The van der Waals surface area contributed by atoms with Crippen molar-refractivity contribution in [2.45, 2.75) is 76.7 Å². The van der Waals surface area contributed by atoms with Crippen molar-refractivity contribution in [2.75, 3.05) is 33.3 Å². The molecule has 2 aromatic carbocycles. The summed E-state index contributed by atoms with van der Waals surface area (Å²) in [5, 5.41) is 29.6. The highest BCUT2D eigenvalue weighted by Crippen LogP contribution is 2.63. The van der Waals surface area contributed by atoms with Crippen LogP contribution in [0.2, 0.25) is 0 Å². The molecule has 0 radical (unpaired) electrons. The summed E-state index contributed by atoms with van der Waals surface area (Å²) in [6.45, 7) is 8.15. The summed E-state index contributed by atoms with van der Waals surface area (Å²) in [5.41, 5.74) is 3.95. The van der Waals surface area contributed by atoms with E-state index in [1.807, 2.05) is 31.9 Å². The van der Waals surface area contributed by atoms with Gasteiger partial charge >= 0.3 is 12.1 Å². The smallest absolute Gasteiger partial charge is 0.414 e. The Kier molecular flexibility index (Phi) is 9.06. The van der Waals surface area contributed by atoms with Crippen LogP contribution in [0.4, 0.5) is 4.79 Å². The number of aliphatic hydroxyl groups excluding tert-OH is 1. The van der Waals surface area contributed by atoms with E-state index in [0.29, 0.717) is 63.2 Å². The molecule has 15 nitrogen and oxygen atoms in total. The van der Waals surface area contributed by atoms with E-state index in [1.165, 1.54) is 20.1 Å². The molecule has 0 unspecified atom stereocenters. The maximum atomic E-state index is 13.2. The number of carbonyl (C=O) groups excluding carboxylic acids is 3. The first-order valence-corrected chi connectivity index (χ1v) is 17.7. The number of phenols is 1. The number of methoxy groups -OCH3 is 1. The van der Waals surface area contributed by atoms with Gasteiger partial charge in [0.25, 0.3) is 5.91 Å². The first kappa shape index (κ1) is 34.9. The molecule has 4 aliphatic rings. The maximum Gasteiger partial charge on any atom is 0.414 e. The number of rotatable bonds is 7. The number of likely N-dealkylation sites (N-methyl/N-ethyl adjacent to an activating group) is 1. The molecule has 2 amide bonds. The Labute approximate surface area is 298 Å². The number of imide groups is 1. The van der Waals surface area contributed by atoms with Gasteiger partial charge in [-0.2, -0.15) is 11.8 Å². The number of fused-ring (bicyclic) bond motifs is 9. The minimum atomic E-state index is -1.10. The Morgan fingerprint density at radius 3 is 2.51 bits per heavy atom. The summed E-state index contributed by atoms with van der Waals surface area (Å²) < 4.78 is 34.4. The van der Waals surface area contributed by atoms with Crippen molar-refractivity contribution in [3.05, 3.63) is 57.0 Å². The molecule has 5 heterocycles. The van der Waals surface area contributed by atoms with E-state index < -0.39 is 53.6 Å². The molecule has 3 aromatic rings. The quantitative estimate of drug-likeness (QED) is 0.235. The summed E-state index contributed by atoms with van der Waals surface area (Å²) in [5.74, 6) is 1.10. The number of amides is 2. The van der Waals surface area contributed by atoms with Crippen LogP contribution in [-0.2, 0) is 16.0 Å². The van der Waals surface area contributed by atoms with E-state index in [9.17, 15) is 24.6 Å². The predicted octanol–water partition coefficient (Wildman–Crippen LogP) is 3.98. The molecule has 1 aromatic heterocycles. The number of nitrogens with one attached hydrogen (secondary N) is 1. The molecule has 16 heteroatoms. The summed E-state index contributed by atoms with van der Waals surface area (Å²) in [6, 6.07) is 0.978. The van der Waals surface area contributed by atoms with Crippen molar-refractivity contribution in [3.8, 4) is 28.7 Å². The van der Waals surface area contributed by atoms with Crippen molar-refractivity contribution in [1.82, 2.24) is 20.3 Å². The molecule has 0 aliphatic carbocycles. The number of aromatic nitrogens is 1. The second-order valence-corrected chi connectivity index (χ2v) is 14.5. The van der Waals surface area contributed by atoms with Gasteiger partial charge in [0.15, 0.2) is 28.7 Å². The fourth-order valence-electron chi connectivity index (χ4n) is 8.25. The van der Waals surface area contributed by atoms with Gasteiger partial charge in [-0.3, -0.25) is 24.7 Å². The number of carbonyl (C=O) groups is 3. The van der Waals surface area contributed by atoms with Gasteiger partial charge in [-0.1, -0.05) is 18.1 Å². The number of nitrogens with zero attached hydrogens (tertiary/aromatic N) is 3. The largest absolute Gasteiger partial charge is 0.504 e. The highest BCUT2D eigenvalue weighted by atomic mass is 32.2. The van der Waals surface area contributed by atoms with Crippen molar-refractivity contribution < 1.29 is 52.8 Å². The van der Waals surface area contributed by atoms with Crippen LogP contribution in [0.15, 0.2) is 16.7 Å². The molecular formula is C35H40N4O11S. The van der Waals surface area contributed by atoms with Crippen LogP contribution in [0.3, 0.4) is 0 Å². The summed E-state index contributed by atoms with van der Waals surface area (Å²) in [7, 11) is 3.43. The van der Waals surface area contributed by atoms with E-state index in [0.717, 1.165) is 11.1 Å². The number of alkyl carbamates (subject to hydrolysis) is 1. The number of hydrogen-bond acceptors (Lipinski definition) is 15. The van der Waals surface area contributed by atoms with Gasteiger partial charge in [-0.15, -0.1) is 0 Å². The Balaban J connectivity index is 1.41. The highest BCUT2D eigenvalue weighted by molar-refractivity contribution is 7.99. The zero-order chi connectivity index (χ0) is 36.5. The van der Waals surface area contributed by atoms with Crippen LogP contribution in [-0.4, -0.2) is 94.8 Å². The van der Waals surface area contributed by atoms with Gasteiger partial charge < -0.3 is 38.4 Å². The summed E-state index contributed by atoms with van der Waals surface area (Å²) >= 11 is 1.59. The topological polar surface area (TPSA) is 182 Å². The summed E-state index contributed by atoms with van der Waals surface area (Å²) in [6.07, 6.45) is -1.74. The van der Waals surface area contributed by atoms with Gasteiger partial charge in [-0.05, 0) is 51.1 Å². The molecule has 2 bridgehead atoms. The van der Waals surface area contributed by atoms with E-state index in [4.69, 9.17) is 28.2 Å². The Morgan fingerprint density at radius 2 is 1.84 bits per heavy atom. The molecule has 0 spiro atoms. The number of benzene rings is 2. The lowest BCUT2D eigenvalue weighted by Crippen LogP contribution is -2.69. The molecule has 4 aliphatic heterocycles. The Morgan fingerprint density at radius 1 is 1.10 bits per heavy atom. The van der Waals surface area contributed by atoms with E-state index in [1.54, 1.807) is 25.6 Å². The molecule has 1 saturated heterocycles. The van der Waals surface area contributed by atoms with Crippen LogP contribution in [0.1, 0.15) is 80.8 Å². The fourth-order valence-corrected chi connectivity index (χ4v) is 9.49. The van der Waals surface area contributed by atoms with E-state index in [2.05, 4.69) is 15.4 Å². The predicted molar refractivity (Wildman–Crippen MR) is 181 cm³/mol. The minimum absolute atomic E-state index is 0.0149. The normalized spacial score (nSPS) is 24.6. The van der Waals surface area contributed by atoms with E-state index >= 15 is 0 Å². The number of piperazine rings is 1. The van der Waals surface area contributed by atoms with Crippen molar-refractivity contribution >= 4 is 29.7 Å². The SMILES string of the molecule is CCS[C@@H]1c2c(OC(C)=O)c(C)c3c(c2[C@H](COC(=O)NC(=O)c2cc(C)on2)N2[C@@H]1[C@@H]1c4c(cc(C)c(OC)c4O)C[C@@H]([C@@H]2O)N1C)OCO3. The third kappa shape index (κ3) is 5.55. The number of aryl methyl sites for hydroxylation is 2. The van der Waals surface area contributed by atoms with E-state index in [-0.39, 0.29) is 24.8 Å². The minimum Gasteiger partial charge on any atom is -0.504 e. The molecule has 1 fully saturated rings. The van der Waals surface area contributed by atoms with Crippen LogP contribution in [0.25, 0.3) is 0 Å². The standard InChI is InChI=1S/C35H40N4O11S/c1-8-51-32-24-23(31-30(47-13-48-31)16(4)29(24)49-17(5)40)21(12-46-35(44)36-33(42)19-10-15(3)50-37-19)39-26(32)25-22-18(11-20(34(39)43)38(25)6)9-14(2)28(45-7)27(22)41/h9-10,20-21,25-26,32,34,41,43H,8,11-13H2,1-7H3,(H,36,42,44)/t20-,21-,25-,26+,32+,34-/m0/s1.